The Morgan fingerprint density at radius 1 is 1.33 bits per heavy atom. The van der Waals surface area contributed by atoms with Crippen LogP contribution in [0.15, 0.2) is 24.3 Å². The molecule has 0 radical (unpaired) electrons. The lowest BCUT2D eigenvalue weighted by Crippen LogP contribution is -2.04. The molecule has 2 rings (SSSR count). The van der Waals surface area contributed by atoms with E-state index in [1.165, 1.54) is 10.1 Å². The molecule has 0 bridgehead atoms. The number of thiophene rings is 1. The van der Waals surface area contributed by atoms with Gasteiger partial charge < -0.3 is 0 Å². The number of fused-ring (bicyclic) bond motifs is 1. The second-order valence-corrected chi connectivity index (χ2v) is 3.79. The summed E-state index contributed by atoms with van der Waals surface area (Å²) in [6.07, 6.45) is 0.931. The van der Waals surface area contributed by atoms with Gasteiger partial charge in [0.25, 0.3) is 0 Å². The van der Waals surface area contributed by atoms with Crippen molar-refractivity contribution in [1.29, 1.82) is 0 Å². The number of carbonyl (C=O) groups is 1. The summed E-state index contributed by atoms with van der Waals surface area (Å²) in [5, 5.41) is 1.20. The Kier molecular flexibility index (Phi) is 1.73. The zero-order chi connectivity index (χ0) is 8.55. The van der Waals surface area contributed by atoms with Gasteiger partial charge in [0.1, 0.15) is 7.85 Å². The molecule has 12 heavy (non-hydrogen) atoms. The van der Waals surface area contributed by atoms with Crippen molar-refractivity contribution in [3.8, 4) is 0 Å². The van der Waals surface area contributed by atoms with Crippen LogP contribution in [-0.2, 0) is 0 Å². The molecule has 0 spiro atoms. The minimum absolute atomic E-state index is 0.844. The van der Waals surface area contributed by atoms with Gasteiger partial charge in [0, 0.05) is 4.70 Å². The third-order valence-corrected chi connectivity index (χ3v) is 3.19. The topological polar surface area (TPSA) is 17.1 Å². The van der Waals surface area contributed by atoms with Crippen LogP contribution < -0.4 is 5.46 Å². The SMILES string of the molecule is Bc1c(C=O)sc2ccccc12. The van der Waals surface area contributed by atoms with Crippen molar-refractivity contribution in [1.82, 2.24) is 0 Å². The maximum Gasteiger partial charge on any atom is 0.159 e. The maximum absolute atomic E-state index is 10.6. The van der Waals surface area contributed by atoms with Gasteiger partial charge in [-0.05, 0) is 11.5 Å². The summed E-state index contributed by atoms with van der Waals surface area (Å²) in [7, 11) is 1.99. The number of carbonyl (C=O) groups excluding carboxylic acids is 1. The quantitative estimate of drug-likeness (QED) is 0.465. The molecule has 0 saturated carbocycles. The number of hydrogen-bond donors (Lipinski definition) is 0. The zero-order valence-corrected chi connectivity index (χ0v) is 7.52. The van der Waals surface area contributed by atoms with Gasteiger partial charge in [0.15, 0.2) is 6.29 Å². The highest BCUT2D eigenvalue weighted by Crippen LogP contribution is 2.20. The van der Waals surface area contributed by atoms with Crippen LogP contribution in [0.1, 0.15) is 9.67 Å². The van der Waals surface area contributed by atoms with Gasteiger partial charge in [-0.15, -0.1) is 11.3 Å². The van der Waals surface area contributed by atoms with Crippen LogP contribution in [0.25, 0.3) is 10.1 Å². The first-order valence-corrected chi connectivity index (χ1v) is 4.58. The zero-order valence-electron chi connectivity index (χ0n) is 6.70. The van der Waals surface area contributed by atoms with Gasteiger partial charge in [-0.1, -0.05) is 23.7 Å². The second-order valence-electron chi connectivity index (χ2n) is 2.71. The lowest BCUT2D eigenvalue weighted by molar-refractivity contribution is 0.112. The first-order chi connectivity index (χ1) is 5.83. The van der Waals surface area contributed by atoms with E-state index < -0.39 is 0 Å². The van der Waals surface area contributed by atoms with Gasteiger partial charge in [-0.25, -0.2) is 0 Å². The molecule has 0 unspecified atom stereocenters. The normalized spacial score (nSPS) is 10.3. The van der Waals surface area contributed by atoms with Crippen molar-refractivity contribution in [2.75, 3.05) is 0 Å². The molecule has 0 fully saturated rings. The van der Waals surface area contributed by atoms with Crippen LogP contribution in [-0.4, -0.2) is 14.1 Å². The predicted octanol–water partition coefficient (Wildman–Crippen LogP) is 0.972. The maximum atomic E-state index is 10.6. The van der Waals surface area contributed by atoms with E-state index in [9.17, 15) is 4.79 Å². The Balaban J connectivity index is 2.87. The van der Waals surface area contributed by atoms with Crippen molar-refractivity contribution in [2.24, 2.45) is 0 Å². The third-order valence-electron chi connectivity index (χ3n) is 1.99. The van der Waals surface area contributed by atoms with Crippen molar-refractivity contribution < 1.29 is 4.79 Å². The lowest BCUT2D eigenvalue weighted by Gasteiger charge is -1.88. The number of benzene rings is 1. The molecular formula is C9H7BOS. The van der Waals surface area contributed by atoms with E-state index in [0.29, 0.717) is 0 Å². The fourth-order valence-corrected chi connectivity index (χ4v) is 2.33. The van der Waals surface area contributed by atoms with E-state index in [4.69, 9.17) is 0 Å². The van der Waals surface area contributed by atoms with Gasteiger partial charge in [0.2, 0.25) is 0 Å². The molecule has 1 aromatic carbocycles. The highest BCUT2D eigenvalue weighted by atomic mass is 32.1. The Bertz CT molecular complexity index is 433. The van der Waals surface area contributed by atoms with Crippen molar-refractivity contribution in [2.45, 2.75) is 0 Å². The number of hydrogen-bond acceptors (Lipinski definition) is 2. The van der Waals surface area contributed by atoms with Crippen molar-refractivity contribution in [3.63, 3.8) is 0 Å². The minimum Gasteiger partial charge on any atom is -0.297 e. The van der Waals surface area contributed by atoms with Crippen LogP contribution in [0, 0.1) is 0 Å². The molecule has 58 valence electrons. The number of aldehydes is 1. The smallest absolute Gasteiger partial charge is 0.159 e. The average Bonchev–Trinajstić information content (AvgIpc) is 2.44. The minimum atomic E-state index is 0.844. The van der Waals surface area contributed by atoms with Crippen molar-refractivity contribution in [3.05, 3.63) is 29.1 Å². The molecule has 0 aliphatic rings. The Hall–Kier alpha value is -1.09. The van der Waals surface area contributed by atoms with E-state index in [1.807, 2.05) is 32.1 Å². The van der Waals surface area contributed by atoms with Crippen LogP contribution >= 0.6 is 11.3 Å². The molecule has 0 amide bonds. The van der Waals surface area contributed by atoms with E-state index in [2.05, 4.69) is 0 Å². The number of rotatable bonds is 1. The second kappa shape index (κ2) is 2.75. The third kappa shape index (κ3) is 0.977. The molecule has 3 heteroatoms. The van der Waals surface area contributed by atoms with Crippen LogP contribution in [0.3, 0.4) is 0 Å². The van der Waals surface area contributed by atoms with E-state index in [-0.39, 0.29) is 0 Å². The molecule has 0 saturated heterocycles. The summed E-state index contributed by atoms with van der Waals surface area (Å²) in [5.41, 5.74) is 1.10. The fraction of sp³-hybridized carbons (Fsp3) is 0. The van der Waals surface area contributed by atoms with Crippen LogP contribution in [0.5, 0.6) is 0 Å². The highest BCUT2D eigenvalue weighted by molar-refractivity contribution is 7.21. The molecule has 0 aliphatic heterocycles. The van der Waals surface area contributed by atoms with Crippen LogP contribution in [0.2, 0.25) is 0 Å². The van der Waals surface area contributed by atoms with E-state index in [1.54, 1.807) is 11.3 Å². The summed E-state index contributed by atoms with van der Waals surface area (Å²) in [4.78, 5) is 11.5. The highest BCUT2D eigenvalue weighted by Gasteiger charge is 2.04. The largest absolute Gasteiger partial charge is 0.297 e. The predicted molar refractivity (Wildman–Crippen MR) is 55.4 cm³/mol. The van der Waals surface area contributed by atoms with E-state index in [0.717, 1.165) is 16.6 Å². The van der Waals surface area contributed by atoms with Crippen LogP contribution in [0.4, 0.5) is 0 Å². The van der Waals surface area contributed by atoms with Gasteiger partial charge >= 0.3 is 0 Å². The standard InChI is InChI=1S/C9H7BOS/c10-9-6-3-1-2-4-7(6)12-8(9)5-11/h1-5H,10H2. The fourth-order valence-electron chi connectivity index (χ4n) is 1.31. The summed E-state index contributed by atoms with van der Waals surface area (Å²) in [6, 6.07) is 8.08. The molecule has 1 nitrogen and oxygen atoms in total. The van der Waals surface area contributed by atoms with Gasteiger partial charge in [-0.3, -0.25) is 4.79 Å². The first-order valence-electron chi connectivity index (χ1n) is 3.76. The van der Waals surface area contributed by atoms with Gasteiger partial charge in [0.05, 0.1) is 4.88 Å². The molecule has 1 heterocycles. The Morgan fingerprint density at radius 2 is 2.08 bits per heavy atom. The molecule has 0 atom stereocenters. The summed E-state index contributed by atoms with van der Waals surface area (Å²) in [6.45, 7) is 0. The Morgan fingerprint density at radius 3 is 2.75 bits per heavy atom. The monoisotopic (exact) mass is 174 g/mol. The summed E-state index contributed by atoms with van der Waals surface area (Å²) >= 11 is 1.56. The first kappa shape index (κ1) is 7.56. The van der Waals surface area contributed by atoms with Crippen molar-refractivity contribution >= 4 is 41.0 Å². The average molecular weight is 174 g/mol. The molecule has 1 aromatic heterocycles. The molecular weight excluding hydrogens is 167 g/mol. The molecule has 0 aliphatic carbocycles. The summed E-state index contributed by atoms with van der Waals surface area (Å²) < 4.78 is 1.19. The Labute approximate surface area is 75.4 Å². The molecule has 2 aromatic rings. The molecule has 0 N–H and O–H groups in total. The summed E-state index contributed by atoms with van der Waals surface area (Å²) in [5.74, 6) is 0. The lowest BCUT2D eigenvalue weighted by atomic mass is 9.93. The van der Waals surface area contributed by atoms with E-state index >= 15 is 0 Å². The van der Waals surface area contributed by atoms with Gasteiger partial charge in [-0.2, -0.15) is 0 Å².